The van der Waals surface area contributed by atoms with Crippen LogP contribution in [0.1, 0.15) is 18.0 Å². The highest BCUT2D eigenvalue weighted by molar-refractivity contribution is 5.57. The van der Waals surface area contributed by atoms with E-state index in [0.717, 1.165) is 13.0 Å². The maximum absolute atomic E-state index is 10.6. The molecule has 0 radical (unpaired) electrons. The zero-order valence-corrected chi connectivity index (χ0v) is 7.80. The summed E-state index contributed by atoms with van der Waals surface area (Å²) in [5.41, 5.74) is 0.168. The Balaban J connectivity index is 2.45. The largest absolute Gasteiger partial charge is 0.504 e. The molecule has 80 valence electrons. The molecule has 1 heterocycles. The number of hydrogen-bond acceptors (Lipinski definition) is 5. The quantitative estimate of drug-likeness (QED) is 0.385. The van der Waals surface area contributed by atoms with E-state index in [0.29, 0.717) is 5.56 Å². The van der Waals surface area contributed by atoms with Crippen LogP contribution < -0.4 is 5.32 Å². The van der Waals surface area contributed by atoms with Gasteiger partial charge in [0.1, 0.15) is 0 Å². The third kappa shape index (κ3) is 1.59. The number of nitrogens with zero attached hydrogens (tertiary/aromatic N) is 1. The zero-order chi connectivity index (χ0) is 11.0. The van der Waals surface area contributed by atoms with Crippen molar-refractivity contribution in [1.29, 1.82) is 0 Å². The van der Waals surface area contributed by atoms with Crippen molar-refractivity contribution in [2.24, 2.45) is 0 Å². The van der Waals surface area contributed by atoms with E-state index in [2.05, 4.69) is 5.32 Å². The normalized spacial score (nSPS) is 19.6. The van der Waals surface area contributed by atoms with Crippen LogP contribution in [0.5, 0.6) is 11.5 Å². The molecule has 1 aromatic carbocycles. The number of phenolic OH excluding ortho intramolecular Hbond substituents is 2. The molecule has 15 heavy (non-hydrogen) atoms. The number of nitro benzene ring substituents is 1. The maximum atomic E-state index is 10.6. The molecule has 3 N–H and O–H groups in total. The van der Waals surface area contributed by atoms with Gasteiger partial charge in [0.25, 0.3) is 0 Å². The van der Waals surface area contributed by atoms with Gasteiger partial charge in [-0.15, -0.1) is 0 Å². The summed E-state index contributed by atoms with van der Waals surface area (Å²) >= 11 is 0. The first-order valence-electron chi connectivity index (χ1n) is 4.53. The molecular formula is C9H10N2O4. The lowest BCUT2D eigenvalue weighted by Crippen LogP contribution is -2.34. The number of nitro groups is 1. The first kappa shape index (κ1) is 9.72. The number of hydrogen-bond donors (Lipinski definition) is 3. The molecule has 0 aliphatic carbocycles. The van der Waals surface area contributed by atoms with Crippen molar-refractivity contribution in [3.63, 3.8) is 0 Å². The highest BCUT2D eigenvalue weighted by Gasteiger charge is 2.25. The van der Waals surface area contributed by atoms with Gasteiger partial charge in [-0.1, -0.05) is 0 Å². The van der Waals surface area contributed by atoms with Crippen molar-refractivity contribution < 1.29 is 15.1 Å². The first-order chi connectivity index (χ1) is 7.09. The molecule has 0 bridgehead atoms. The van der Waals surface area contributed by atoms with Crippen LogP contribution in [0.3, 0.4) is 0 Å². The third-order valence-corrected chi connectivity index (χ3v) is 2.51. The predicted molar refractivity (Wildman–Crippen MR) is 51.8 cm³/mol. The summed E-state index contributed by atoms with van der Waals surface area (Å²) in [5, 5.41) is 32.2. The second-order valence-corrected chi connectivity index (χ2v) is 3.46. The van der Waals surface area contributed by atoms with Crippen molar-refractivity contribution >= 4 is 5.69 Å². The molecule has 6 nitrogen and oxygen atoms in total. The average molecular weight is 210 g/mol. The van der Waals surface area contributed by atoms with Crippen LogP contribution in [-0.4, -0.2) is 21.7 Å². The Morgan fingerprint density at radius 3 is 2.60 bits per heavy atom. The minimum absolute atomic E-state index is 0.0372. The standard InChI is InChI=1S/C9H10N2O4/c12-8-4-5(6-1-2-10-6)3-7(9(8)13)11(14)15/h3-4,6,10,12-13H,1-2H2/t6-/m0/s1. The maximum Gasteiger partial charge on any atom is 0.314 e. The summed E-state index contributed by atoms with van der Waals surface area (Å²) in [6, 6.07) is 2.67. The molecule has 0 aromatic heterocycles. The van der Waals surface area contributed by atoms with E-state index in [4.69, 9.17) is 0 Å². The molecule has 1 atom stereocenters. The second kappa shape index (κ2) is 3.39. The van der Waals surface area contributed by atoms with E-state index < -0.39 is 22.1 Å². The fourth-order valence-electron chi connectivity index (χ4n) is 1.54. The lowest BCUT2D eigenvalue weighted by atomic mass is 9.97. The minimum Gasteiger partial charge on any atom is -0.504 e. The molecule has 0 saturated carbocycles. The van der Waals surface area contributed by atoms with Crippen molar-refractivity contribution in [3.8, 4) is 11.5 Å². The van der Waals surface area contributed by atoms with Gasteiger partial charge in [-0.25, -0.2) is 0 Å². The summed E-state index contributed by atoms with van der Waals surface area (Å²) in [6.07, 6.45) is 0.876. The zero-order valence-electron chi connectivity index (χ0n) is 7.80. The van der Waals surface area contributed by atoms with E-state index in [9.17, 15) is 20.3 Å². The van der Waals surface area contributed by atoms with Crippen LogP contribution in [0.15, 0.2) is 12.1 Å². The molecule has 1 aromatic rings. The van der Waals surface area contributed by atoms with Gasteiger partial charge in [-0.3, -0.25) is 10.1 Å². The fraction of sp³-hybridized carbons (Fsp3) is 0.333. The second-order valence-electron chi connectivity index (χ2n) is 3.46. The third-order valence-electron chi connectivity index (χ3n) is 2.51. The van der Waals surface area contributed by atoms with Gasteiger partial charge in [0, 0.05) is 12.1 Å². The Morgan fingerprint density at radius 1 is 1.47 bits per heavy atom. The Labute approximate surface area is 85.3 Å². The number of nitrogens with one attached hydrogen (secondary N) is 1. The molecule has 0 spiro atoms. The molecule has 2 rings (SSSR count). The Bertz CT molecular complexity index is 415. The summed E-state index contributed by atoms with van der Waals surface area (Å²) in [4.78, 5) is 9.86. The van der Waals surface area contributed by atoms with Gasteiger partial charge >= 0.3 is 5.69 Å². The Morgan fingerprint density at radius 2 is 2.13 bits per heavy atom. The molecule has 1 saturated heterocycles. The molecule has 0 unspecified atom stereocenters. The van der Waals surface area contributed by atoms with Gasteiger partial charge in [-0.05, 0) is 24.6 Å². The van der Waals surface area contributed by atoms with E-state index in [-0.39, 0.29) is 6.04 Å². The predicted octanol–water partition coefficient (Wildman–Crippen LogP) is 1.04. The molecule has 1 aliphatic heterocycles. The summed E-state index contributed by atoms with van der Waals surface area (Å²) in [5.74, 6) is -1.13. The number of phenols is 2. The number of rotatable bonds is 2. The van der Waals surface area contributed by atoms with Gasteiger partial charge < -0.3 is 15.5 Å². The molecular weight excluding hydrogens is 200 g/mol. The van der Waals surface area contributed by atoms with Gasteiger partial charge in [0.2, 0.25) is 5.75 Å². The van der Waals surface area contributed by atoms with Crippen LogP contribution in [-0.2, 0) is 0 Å². The van der Waals surface area contributed by atoms with Gasteiger partial charge in [-0.2, -0.15) is 0 Å². The van der Waals surface area contributed by atoms with Crippen LogP contribution in [0.25, 0.3) is 0 Å². The van der Waals surface area contributed by atoms with Gasteiger partial charge in [0.05, 0.1) is 4.92 Å². The molecule has 1 fully saturated rings. The number of benzene rings is 1. The summed E-state index contributed by atoms with van der Waals surface area (Å²) in [6.45, 7) is 0.861. The smallest absolute Gasteiger partial charge is 0.314 e. The van der Waals surface area contributed by atoms with Crippen molar-refractivity contribution in [2.75, 3.05) is 6.54 Å². The average Bonchev–Trinajstić information content (AvgIpc) is 2.07. The summed E-state index contributed by atoms with van der Waals surface area (Å²) < 4.78 is 0. The first-order valence-corrected chi connectivity index (χ1v) is 4.53. The van der Waals surface area contributed by atoms with E-state index in [1.54, 1.807) is 0 Å². The Hall–Kier alpha value is -1.82. The van der Waals surface area contributed by atoms with Crippen molar-refractivity contribution in [3.05, 3.63) is 27.8 Å². The molecule has 0 amide bonds. The highest BCUT2D eigenvalue weighted by Crippen LogP contribution is 2.39. The fourth-order valence-corrected chi connectivity index (χ4v) is 1.54. The highest BCUT2D eigenvalue weighted by atomic mass is 16.6. The number of aromatic hydroxyl groups is 2. The lowest BCUT2D eigenvalue weighted by Gasteiger charge is -2.27. The minimum atomic E-state index is -0.711. The van der Waals surface area contributed by atoms with E-state index in [1.165, 1.54) is 12.1 Å². The molecule has 1 aliphatic rings. The van der Waals surface area contributed by atoms with Gasteiger partial charge in [0.15, 0.2) is 5.75 Å². The van der Waals surface area contributed by atoms with Crippen LogP contribution in [0.2, 0.25) is 0 Å². The summed E-state index contributed by atoms with van der Waals surface area (Å²) in [7, 11) is 0. The SMILES string of the molecule is O=[N+]([O-])c1cc([C@@H]2CCN2)cc(O)c1O. The van der Waals surface area contributed by atoms with Crippen LogP contribution in [0, 0.1) is 10.1 Å². The van der Waals surface area contributed by atoms with Crippen LogP contribution >= 0.6 is 0 Å². The van der Waals surface area contributed by atoms with Crippen molar-refractivity contribution in [2.45, 2.75) is 12.5 Å². The van der Waals surface area contributed by atoms with E-state index in [1.807, 2.05) is 0 Å². The topological polar surface area (TPSA) is 95.6 Å². The van der Waals surface area contributed by atoms with E-state index >= 15 is 0 Å². The Kier molecular flexibility index (Phi) is 2.20. The lowest BCUT2D eigenvalue weighted by molar-refractivity contribution is -0.386. The van der Waals surface area contributed by atoms with Crippen LogP contribution in [0.4, 0.5) is 5.69 Å². The monoisotopic (exact) mass is 210 g/mol. The van der Waals surface area contributed by atoms with Crippen molar-refractivity contribution in [1.82, 2.24) is 5.32 Å². The molecule has 6 heteroatoms.